The zero-order valence-electron chi connectivity index (χ0n) is 15.2. The molecule has 1 aromatic carbocycles. The lowest BCUT2D eigenvalue weighted by atomic mass is 10.0. The molecule has 2 atom stereocenters. The van der Waals surface area contributed by atoms with E-state index in [0.717, 1.165) is 49.1 Å². The molecule has 2 aliphatic heterocycles. The van der Waals surface area contributed by atoms with E-state index in [-0.39, 0.29) is 18.0 Å². The van der Waals surface area contributed by atoms with Crippen molar-refractivity contribution >= 4 is 24.1 Å². The highest BCUT2D eigenvalue weighted by Gasteiger charge is 2.36. The molecule has 3 heterocycles. The molecule has 2 aliphatic rings. The number of halogens is 1. The summed E-state index contributed by atoms with van der Waals surface area (Å²) in [4.78, 5) is 28.4. The predicted octanol–water partition coefficient (Wildman–Crippen LogP) is 2.38. The Labute approximate surface area is 164 Å². The Bertz CT molecular complexity index is 882. The van der Waals surface area contributed by atoms with Crippen molar-refractivity contribution in [3.05, 3.63) is 51.8 Å². The molecule has 4 rings (SSSR count). The van der Waals surface area contributed by atoms with Gasteiger partial charge in [0.2, 0.25) is 0 Å². The standard InChI is InChI=1S/C20H23N3O3.ClH/c1-2-12-7-17(20(25)26)19(24)22-18(12)13-3-5-16(6-4-13)23-10-14-8-21-9-15(14)11-23;/h3-7,14-15,21H,2,8-11H2,1H3,(H,22,24)(H,25,26);1H/t14-,15+;. The first kappa shape index (κ1) is 19.5. The minimum absolute atomic E-state index is 0. The van der Waals surface area contributed by atoms with E-state index in [1.54, 1.807) is 0 Å². The van der Waals surface area contributed by atoms with E-state index in [1.807, 2.05) is 19.1 Å². The Morgan fingerprint density at radius 3 is 2.37 bits per heavy atom. The van der Waals surface area contributed by atoms with Gasteiger partial charge in [0.05, 0.1) is 5.69 Å². The lowest BCUT2D eigenvalue weighted by molar-refractivity contribution is 0.0695. The molecule has 0 radical (unpaired) electrons. The first-order valence-corrected chi connectivity index (χ1v) is 9.12. The summed E-state index contributed by atoms with van der Waals surface area (Å²) in [5.41, 5.74) is 2.87. The van der Waals surface area contributed by atoms with Gasteiger partial charge in [0.1, 0.15) is 5.56 Å². The average Bonchev–Trinajstić information content (AvgIpc) is 3.23. The van der Waals surface area contributed by atoms with Crippen molar-refractivity contribution in [2.24, 2.45) is 11.8 Å². The minimum atomic E-state index is -1.20. The third-order valence-electron chi connectivity index (χ3n) is 5.64. The largest absolute Gasteiger partial charge is 0.477 e. The lowest BCUT2D eigenvalue weighted by Crippen LogP contribution is -2.25. The fourth-order valence-electron chi connectivity index (χ4n) is 4.17. The number of aromatic amines is 1. The van der Waals surface area contributed by atoms with Crippen molar-refractivity contribution in [1.82, 2.24) is 10.3 Å². The molecule has 144 valence electrons. The van der Waals surface area contributed by atoms with E-state index in [1.165, 1.54) is 11.8 Å². The second-order valence-electron chi connectivity index (χ2n) is 7.20. The number of carboxylic acids is 1. The Morgan fingerprint density at radius 2 is 1.81 bits per heavy atom. The van der Waals surface area contributed by atoms with Crippen molar-refractivity contribution in [3.8, 4) is 11.3 Å². The monoisotopic (exact) mass is 389 g/mol. The van der Waals surface area contributed by atoms with Crippen LogP contribution in [0.15, 0.2) is 35.1 Å². The van der Waals surface area contributed by atoms with Crippen molar-refractivity contribution < 1.29 is 9.90 Å². The Hall–Kier alpha value is -2.31. The highest BCUT2D eigenvalue weighted by atomic mass is 35.5. The van der Waals surface area contributed by atoms with Crippen LogP contribution >= 0.6 is 12.4 Å². The molecule has 2 aromatic rings. The number of nitrogens with zero attached hydrogens (tertiary/aromatic N) is 1. The van der Waals surface area contributed by atoms with Gasteiger partial charge in [-0.05, 0) is 47.6 Å². The summed E-state index contributed by atoms with van der Waals surface area (Å²) in [5.74, 6) is 0.277. The molecule has 1 aromatic heterocycles. The minimum Gasteiger partial charge on any atom is -0.477 e. The quantitative estimate of drug-likeness (QED) is 0.747. The number of anilines is 1. The van der Waals surface area contributed by atoms with Gasteiger partial charge < -0.3 is 20.3 Å². The number of fused-ring (bicyclic) bond motifs is 1. The van der Waals surface area contributed by atoms with Gasteiger partial charge in [0.15, 0.2) is 0 Å². The second-order valence-corrected chi connectivity index (χ2v) is 7.20. The molecule has 0 saturated carbocycles. The summed E-state index contributed by atoms with van der Waals surface area (Å²) in [6.45, 7) is 6.34. The zero-order chi connectivity index (χ0) is 18.3. The fraction of sp³-hybridized carbons (Fsp3) is 0.400. The fourth-order valence-corrected chi connectivity index (χ4v) is 4.17. The van der Waals surface area contributed by atoms with Crippen LogP contribution in [-0.4, -0.2) is 42.2 Å². The van der Waals surface area contributed by atoms with Crippen LogP contribution in [-0.2, 0) is 6.42 Å². The molecular formula is C20H24ClN3O3. The van der Waals surface area contributed by atoms with Crippen molar-refractivity contribution in [3.63, 3.8) is 0 Å². The smallest absolute Gasteiger partial charge is 0.341 e. The molecule has 3 N–H and O–H groups in total. The number of carboxylic acid groups (broad SMARTS) is 1. The topological polar surface area (TPSA) is 85.4 Å². The van der Waals surface area contributed by atoms with Gasteiger partial charge in [-0.1, -0.05) is 19.1 Å². The number of hydrogen-bond donors (Lipinski definition) is 3. The number of aromatic nitrogens is 1. The summed E-state index contributed by atoms with van der Waals surface area (Å²) in [6.07, 6.45) is 0.649. The van der Waals surface area contributed by atoms with Gasteiger partial charge in [-0.2, -0.15) is 0 Å². The van der Waals surface area contributed by atoms with Gasteiger partial charge in [-0.3, -0.25) is 4.79 Å². The maximum Gasteiger partial charge on any atom is 0.341 e. The van der Waals surface area contributed by atoms with Gasteiger partial charge in [-0.15, -0.1) is 12.4 Å². The van der Waals surface area contributed by atoms with Crippen LogP contribution in [0.1, 0.15) is 22.8 Å². The predicted molar refractivity (Wildman–Crippen MR) is 108 cm³/mol. The van der Waals surface area contributed by atoms with Crippen LogP contribution in [0.5, 0.6) is 0 Å². The van der Waals surface area contributed by atoms with Crippen LogP contribution in [0.25, 0.3) is 11.3 Å². The number of benzene rings is 1. The van der Waals surface area contributed by atoms with E-state index in [0.29, 0.717) is 12.1 Å². The van der Waals surface area contributed by atoms with E-state index in [2.05, 4.69) is 27.3 Å². The molecule has 2 saturated heterocycles. The van der Waals surface area contributed by atoms with Crippen molar-refractivity contribution in [1.29, 1.82) is 0 Å². The summed E-state index contributed by atoms with van der Waals surface area (Å²) in [7, 11) is 0. The van der Waals surface area contributed by atoms with Gasteiger partial charge in [0.25, 0.3) is 5.56 Å². The zero-order valence-corrected chi connectivity index (χ0v) is 16.0. The Morgan fingerprint density at radius 1 is 1.19 bits per heavy atom. The second kappa shape index (κ2) is 7.74. The summed E-state index contributed by atoms with van der Waals surface area (Å²) in [6, 6.07) is 9.68. The third-order valence-corrected chi connectivity index (χ3v) is 5.64. The van der Waals surface area contributed by atoms with Crippen LogP contribution in [0.3, 0.4) is 0 Å². The number of pyridine rings is 1. The molecule has 27 heavy (non-hydrogen) atoms. The number of aromatic carboxylic acids is 1. The maximum absolute atomic E-state index is 12.1. The molecule has 2 fully saturated rings. The highest BCUT2D eigenvalue weighted by molar-refractivity contribution is 5.88. The molecule has 0 amide bonds. The normalized spacial score (nSPS) is 21.0. The SMILES string of the molecule is CCc1cc(C(=O)O)c(=O)[nH]c1-c1ccc(N2C[C@H]3CNC[C@H]3C2)cc1.Cl. The van der Waals surface area contributed by atoms with Gasteiger partial charge >= 0.3 is 5.97 Å². The number of carbonyl (C=O) groups is 1. The molecule has 0 spiro atoms. The summed E-state index contributed by atoms with van der Waals surface area (Å²) < 4.78 is 0. The summed E-state index contributed by atoms with van der Waals surface area (Å²) >= 11 is 0. The summed E-state index contributed by atoms with van der Waals surface area (Å²) in [5, 5.41) is 12.6. The Balaban J connectivity index is 0.00000210. The lowest BCUT2D eigenvalue weighted by Gasteiger charge is -2.20. The van der Waals surface area contributed by atoms with Gasteiger partial charge in [-0.25, -0.2) is 4.79 Å². The first-order valence-electron chi connectivity index (χ1n) is 9.12. The molecule has 0 bridgehead atoms. The number of rotatable bonds is 4. The van der Waals surface area contributed by atoms with Crippen LogP contribution in [0.4, 0.5) is 5.69 Å². The number of nitrogens with one attached hydrogen (secondary N) is 2. The van der Waals surface area contributed by atoms with E-state index in [9.17, 15) is 9.59 Å². The van der Waals surface area contributed by atoms with Crippen LogP contribution in [0.2, 0.25) is 0 Å². The van der Waals surface area contributed by atoms with Crippen LogP contribution < -0.4 is 15.8 Å². The third kappa shape index (κ3) is 3.59. The molecule has 0 unspecified atom stereocenters. The van der Waals surface area contributed by atoms with E-state index in [4.69, 9.17) is 5.11 Å². The number of aryl methyl sites for hydroxylation is 1. The average molecular weight is 390 g/mol. The molecular weight excluding hydrogens is 366 g/mol. The molecule has 6 nitrogen and oxygen atoms in total. The highest BCUT2D eigenvalue weighted by Crippen LogP contribution is 2.32. The molecule has 7 heteroatoms. The van der Waals surface area contributed by atoms with Crippen LogP contribution in [0, 0.1) is 11.8 Å². The number of H-pyrrole nitrogens is 1. The van der Waals surface area contributed by atoms with Crippen molar-refractivity contribution in [2.45, 2.75) is 13.3 Å². The maximum atomic E-state index is 12.1. The number of hydrogen-bond acceptors (Lipinski definition) is 4. The van der Waals surface area contributed by atoms with E-state index >= 15 is 0 Å². The van der Waals surface area contributed by atoms with E-state index < -0.39 is 11.5 Å². The Kier molecular flexibility index (Phi) is 5.58. The van der Waals surface area contributed by atoms with Crippen molar-refractivity contribution in [2.75, 3.05) is 31.1 Å². The molecule has 0 aliphatic carbocycles. The van der Waals surface area contributed by atoms with Gasteiger partial charge in [0, 0.05) is 31.9 Å². The first-order chi connectivity index (χ1) is 12.6.